The zero-order valence-corrected chi connectivity index (χ0v) is 10.8. The molecule has 1 unspecified atom stereocenters. The zero-order chi connectivity index (χ0) is 12.2. The predicted molar refractivity (Wildman–Crippen MR) is 69.3 cm³/mol. The first-order valence-electron chi connectivity index (χ1n) is 5.98. The lowest BCUT2D eigenvalue weighted by molar-refractivity contribution is -0.122. The molecule has 0 saturated heterocycles. The third-order valence-corrected chi connectivity index (χ3v) is 3.59. The van der Waals surface area contributed by atoms with E-state index in [1.807, 2.05) is 6.92 Å². The van der Waals surface area contributed by atoms with Gasteiger partial charge >= 0.3 is 0 Å². The van der Waals surface area contributed by atoms with E-state index in [1.165, 1.54) is 11.1 Å². The van der Waals surface area contributed by atoms with Gasteiger partial charge in [-0.2, -0.15) is 0 Å². The molecule has 1 rings (SSSR count). The highest BCUT2D eigenvalue weighted by Gasteiger charge is 2.28. The average Bonchev–Trinajstić information content (AvgIpc) is 2.22. The number of rotatable bonds is 1. The summed E-state index contributed by atoms with van der Waals surface area (Å²) in [6.07, 6.45) is 11.7. The van der Waals surface area contributed by atoms with Gasteiger partial charge in [0.2, 0.25) is 0 Å². The maximum Gasteiger partial charge on any atom is 0.143 e. The molecule has 0 aliphatic heterocycles. The van der Waals surface area contributed by atoms with E-state index in [-0.39, 0.29) is 5.78 Å². The fourth-order valence-electron chi connectivity index (χ4n) is 1.93. The second-order valence-electron chi connectivity index (χ2n) is 4.87. The number of Topliss-reactive ketones (excluding diaryl/α,β-unsaturated/α-hetero) is 1. The van der Waals surface area contributed by atoms with Gasteiger partial charge in [0.25, 0.3) is 0 Å². The highest BCUT2D eigenvalue weighted by Crippen LogP contribution is 2.31. The minimum absolute atomic E-state index is 0.221. The Bertz CT molecular complexity index is 358. The fourth-order valence-corrected chi connectivity index (χ4v) is 1.93. The Morgan fingerprint density at radius 2 is 2.00 bits per heavy atom. The van der Waals surface area contributed by atoms with Gasteiger partial charge < -0.3 is 0 Å². The second kappa shape index (κ2) is 5.29. The smallest absolute Gasteiger partial charge is 0.143 e. The molecule has 1 aliphatic carbocycles. The Kier molecular flexibility index (Phi) is 4.28. The van der Waals surface area contributed by atoms with Crippen LogP contribution in [0.3, 0.4) is 0 Å². The summed E-state index contributed by atoms with van der Waals surface area (Å²) in [5, 5.41) is 0. The Labute approximate surface area is 98.9 Å². The summed E-state index contributed by atoms with van der Waals surface area (Å²) in [4.78, 5) is 11.8. The molecule has 0 saturated carbocycles. The van der Waals surface area contributed by atoms with Crippen LogP contribution in [0.1, 0.15) is 47.0 Å². The molecule has 1 atom stereocenters. The first-order chi connectivity index (χ1) is 7.47. The van der Waals surface area contributed by atoms with Gasteiger partial charge in [0.05, 0.1) is 5.41 Å². The summed E-state index contributed by atoms with van der Waals surface area (Å²) in [5.74, 6) is 0.221. The van der Waals surface area contributed by atoms with E-state index in [9.17, 15) is 4.79 Å². The standard InChI is InChI=1S/C15H22O/c1-12-8-5-6-11-15(4,14(3)16)13(2)10-7-9-12/h6,8,10-11H,5,7,9H2,1-4H3/b11-6-,12-8-,13-10-. The summed E-state index contributed by atoms with van der Waals surface area (Å²) >= 11 is 0. The number of allylic oxidation sites excluding steroid dienone is 6. The van der Waals surface area contributed by atoms with E-state index in [0.717, 1.165) is 19.3 Å². The summed E-state index contributed by atoms with van der Waals surface area (Å²) < 4.78 is 0. The van der Waals surface area contributed by atoms with Gasteiger partial charge in [-0.3, -0.25) is 4.79 Å². The summed E-state index contributed by atoms with van der Waals surface area (Å²) in [7, 11) is 0. The maximum atomic E-state index is 11.8. The average molecular weight is 218 g/mol. The van der Waals surface area contributed by atoms with Crippen molar-refractivity contribution in [3.63, 3.8) is 0 Å². The lowest BCUT2D eigenvalue weighted by Gasteiger charge is -2.24. The minimum Gasteiger partial charge on any atom is -0.299 e. The van der Waals surface area contributed by atoms with Gasteiger partial charge in [-0.05, 0) is 47.0 Å². The molecule has 0 radical (unpaired) electrons. The molecule has 1 aliphatic rings. The number of hydrogen-bond acceptors (Lipinski definition) is 1. The van der Waals surface area contributed by atoms with Crippen molar-refractivity contribution in [2.75, 3.05) is 0 Å². The third-order valence-electron chi connectivity index (χ3n) is 3.59. The molecule has 0 aromatic heterocycles. The third kappa shape index (κ3) is 2.94. The number of carbonyl (C=O) groups is 1. The van der Waals surface area contributed by atoms with Crippen LogP contribution in [0.5, 0.6) is 0 Å². The molecule has 1 heteroatoms. The van der Waals surface area contributed by atoms with E-state index < -0.39 is 5.41 Å². The van der Waals surface area contributed by atoms with Gasteiger partial charge in [-0.15, -0.1) is 0 Å². The topological polar surface area (TPSA) is 17.1 Å². The molecule has 0 aromatic carbocycles. The summed E-state index contributed by atoms with van der Waals surface area (Å²) in [6.45, 7) is 7.92. The number of hydrogen-bond donors (Lipinski definition) is 0. The van der Waals surface area contributed by atoms with Gasteiger partial charge in [0, 0.05) is 0 Å². The summed E-state index contributed by atoms with van der Waals surface area (Å²) in [6, 6.07) is 0. The SMILES string of the molecule is CC(=O)C1(C)/C=C\C/C=C(/C)CC/C=C\1C. The van der Waals surface area contributed by atoms with Crippen molar-refractivity contribution in [3.05, 3.63) is 35.5 Å². The fraction of sp³-hybridized carbons (Fsp3) is 0.533. The molecular formula is C15H22O. The Hall–Kier alpha value is -1.11. The van der Waals surface area contributed by atoms with Crippen molar-refractivity contribution in [1.29, 1.82) is 0 Å². The molecule has 0 bridgehead atoms. The molecule has 0 N–H and O–H groups in total. The highest BCUT2D eigenvalue weighted by atomic mass is 16.1. The van der Waals surface area contributed by atoms with Crippen molar-refractivity contribution < 1.29 is 4.79 Å². The molecule has 0 aromatic rings. The van der Waals surface area contributed by atoms with Gasteiger partial charge in [0.15, 0.2) is 0 Å². The van der Waals surface area contributed by atoms with Crippen LogP contribution >= 0.6 is 0 Å². The molecule has 0 heterocycles. The van der Waals surface area contributed by atoms with Crippen LogP contribution in [0.4, 0.5) is 0 Å². The van der Waals surface area contributed by atoms with Crippen molar-refractivity contribution >= 4 is 5.78 Å². The monoisotopic (exact) mass is 218 g/mol. The lowest BCUT2D eigenvalue weighted by atomic mass is 9.78. The van der Waals surface area contributed by atoms with Crippen LogP contribution in [-0.2, 0) is 4.79 Å². The van der Waals surface area contributed by atoms with Crippen LogP contribution < -0.4 is 0 Å². The van der Waals surface area contributed by atoms with Gasteiger partial charge in [-0.1, -0.05) is 35.5 Å². The molecule has 0 fully saturated rings. The van der Waals surface area contributed by atoms with Crippen LogP contribution in [-0.4, -0.2) is 5.78 Å². The lowest BCUT2D eigenvalue weighted by Crippen LogP contribution is -2.24. The zero-order valence-electron chi connectivity index (χ0n) is 10.8. The molecular weight excluding hydrogens is 196 g/mol. The van der Waals surface area contributed by atoms with Crippen LogP contribution in [0, 0.1) is 5.41 Å². The largest absolute Gasteiger partial charge is 0.299 e. The van der Waals surface area contributed by atoms with E-state index in [4.69, 9.17) is 0 Å². The molecule has 0 amide bonds. The second-order valence-corrected chi connectivity index (χ2v) is 4.87. The predicted octanol–water partition coefficient (Wildman–Crippen LogP) is 4.21. The highest BCUT2D eigenvalue weighted by molar-refractivity contribution is 5.87. The van der Waals surface area contributed by atoms with Crippen LogP contribution in [0.2, 0.25) is 0 Å². The van der Waals surface area contributed by atoms with E-state index >= 15 is 0 Å². The Morgan fingerprint density at radius 3 is 2.62 bits per heavy atom. The summed E-state index contributed by atoms with van der Waals surface area (Å²) in [5.41, 5.74) is 2.20. The van der Waals surface area contributed by atoms with E-state index in [2.05, 4.69) is 38.2 Å². The normalized spacial score (nSPS) is 35.5. The molecule has 16 heavy (non-hydrogen) atoms. The van der Waals surface area contributed by atoms with Gasteiger partial charge in [0.1, 0.15) is 5.78 Å². The van der Waals surface area contributed by atoms with Crippen LogP contribution in [0.15, 0.2) is 35.5 Å². The quantitative estimate of drug-likeness (QED) is 0.602. The van der Waals surface area contributed by atoms with Crippen LogP contribution in [0.25, 0.3) is 0 Å². The maximum absolute atomic E-state index is 11.8. The molecule has 1 nitrogen and oxygen atoms in total. The molecule has 0 spiro atoms. The van der Waals surface area contributed by atoms with Gasteiger partial charge in [-0.25, -0.2) is 0 Å². The number of ketones is 1. The van der Waals surface area contributed by atoms with E-state index in [1.54, 1.807) is 6.92 Å². The Balaban J connectivity index is 3.05. The van der Waals surface area contributed by atoms with Crippen molar-refractivity contribution in [2.45, 2.75) is 47.0 Å². The first-order valence-corrected chi connectivity index (χ1v) is 5.98. The van der Waals surface area contributed by atoms with Crippen molar-refractivity contribution in [1.82, 2.24) is 0 Å². The Morgan fingerprint density at radius 1 is 1.31 bits per heavy atom. The van der Waals surface area contributed by atoms with E-state index in [0.29, 0.717) is 0 Å². The molecule has 88 valence electrons. The minimum atomic E-state index is -0.404. The number of carbonyl (C=O) groups excluding carboxylic acids is 1. The van der Waals surface area contributed by atoms with Crippen molar-refractivity contribution in [2.24, 2.45) is 5.41 Å². The van der Waals surface area contributed by atoms with Crippen molar-refractivity contribution in [3.8, 4) is 0 Å². The first kappa shape index (κ1) is 13.0.